The molecule has 6 heteroatoms. The van der Waals surface area contributed by atoms with Gasteiger partial charge in [-0.15, -0.1) is 0 Å². The lowest BCUT2D eigenvalue weighted by Gasteiger charge is -2.08. The summed E-state index contributed by atoms with van der Waals surface area (Å²) < 4.78 is 30.9. The lowest BCUT2D eigenvalue weighted by atomic mass is 10.1. The van der Waals surface area contributed by atoms with Crippen LogP contribution in [0.3, 0.4) is 0 Å². The van der Waals surface area contributed by atoms with Gasteiger partial charge in [0, 0.05) is 10.9 Å². The van der Waals surface area contributed by atoms with Crippen molar-refractivity contribution in [3.05, 3.63) is 77.4 Å². The van der Waals surface area contributed by atoms with E-state index in [9.17, 15) is 23.5 Å². The van der Waals surface area contributed by atoms with E-state index in [0.29, 0.717) is 5.39 Å². The summed E-state index contributed by atoms with van der Waals surface area (Å²) in [4.78, 5) is 24.0. The molecule has 3 aromatic carbocycles. The molecular formula is C19H12F2O4. The van der Waals surface area contributed by atoms with E-state index in [2.05, 4.69) is 0 Å². The molecule has 3 rings (SSSR count). The molecule has 0 aliphatic rings. The van der Waals surface area contributed by atoms with Gasteiger partial charge in [0.25, 0.3) is 0 Å². The molecule has 0 spiro atoms. The predicted molar refractivity (Wildman–Crippen MR) is 86.6 cm³/mol. The number of ether oxygens (including phenoxy) is 1. The fraction of sp³-hybridized carbons (Fsp3) is 0.0526. The minimum absolute atomic E-state index is 0.0863. The summed E-state index contributed by atoms with van der Waals surface area (Å²) >= 11 is 0. The first-order chi connectivity index (χ1) is 12.0. The number of hydrogen-bond acceptors (Lipinski definition) is 4. The first-order valence-corrected chi connectivity index (χ1v) is 7.33. The minimum atomic E-state index is -1.16. The molecule has 0 heterocycles. The standard InChI is InChI=1S/C19H12F2O4/c20-15-8-6-12(9-16(15)21)17(22)10-25-19(24)14-7-5-11-3-1-2-4-13(11)18(14)23/h1-9,23H,10H2. The highest BCUT2D eigenvalue weighted by Gasteiger charge is 2.17. The number of phenols is 1. The van der Waals surface area contributed by atoms with Gasteiger partial charge >= 0.3 is 5.97 Å². The highest BCUT2D eigenvalue weighted by molar-refractivity contribution is 6.03. The van der Waals surface area contributed by atoms with Crippen LogP contribution in [0.2, 0.25) is 0 Å². The van der Waals surface area contributed by atoms with Gasteiger partial charge in [0.2, 0.25) is 0 Å². The summed E-state index contributed by atoms with van der Waals surface area (Å²) in [5, 5.41) is 11.4. The molecule has 0 aromatic heterocycles. The van der Waals surface area contributed by atoms with Crippen LogP contribution in [0.15, 0.2) is 54.6 Å². The number of esters is 1. The minimum Gasteiger partial charge on any atom is -0.506 e. The van der Waals surface area contributed by atoms with Crippen LogP contribution in [0.1, 0.15) is 20.7 Å². The van der Waals surface area contributed by atoms with Crippen LogP contribution < -0.4 is 0 Å². The summed E-state index contributed by atoms with van der Waals surface area (Å²) in [5.41, 5.74) is -0.203. The SMILES string of the molecule is O=C(COC(=O)c1ccc2ccccc2c1O)c1ccc(F)c(F)c1. The van der Waals surface area contributed by atoms with Crippen molar-refractivity contribution in [1.29, 1.82) is 0 Å². The number of aromatic hydroxyl groups is 1. The van der Waals surface area contributed by atoms with Crippen LogP contribution in [0.5, 0.6) is 5.75 Å². The van der Waals surface area contributed by atoms with Crippen LogP contribution in [0.25, 0.3) is 10.8 Å². The van der Waals surface area contributed by atoms with E-state index >= 15 is 0 Å². The Kier molecular flexibility index (Phi) is 4.43. The molecule has 0 bridgehead atoms. The van der Waals surface area contributed by atoms with Crippen LogP contribution in [-0.4, -0.2) is 23.5 Å². The van der Waals surface area contributed by atoms with E-state index in [1.807, 2.05) is 0 Å². The van der Waals surface area contributed by atoms with Gasteiger partial charge in [0.05, 0.1) is 0 Å². The van der Waals surface area contributed by atoms with Gasteiger partial charge in [-0.3, -0.25) is 4.79 Å². The molecule has 0 radical (unpaired) electrons. The maximum absolute atomic E-state index is 13.1. The van der Waals surface area contributed by atoms with E-state index in [-0.39, 0.29) is 16.9 Å². The third-order valence-electron chi connectivity index (χ3n) is 3.70. The second kappa shape index (κ2) is 6.68. The van der Waals surface area contributed by atoms with Crippen molar-refractivity contribution < 1.29 is 28.2 Å². The van der Waals surface area contributed by atoms with Gasteiger partial charge in [-0.2, -0.15) is 0 Å². The Morgan fingerprint density at radius 3 is 2.48 bits per heavy atom. The highest BCUT2D eigenvalue weighted by atomic mass is 19.2. The van der Waals surface area contributed by atoms with Gasteiger partial charge in [-0.1, -0.05) is 30.3 Å². The van der Waals surface area contributed by atoms with Crippen molar-refractivity contribution in [2.24, 2.45) is 0 Å². The zero-order valence-corrected chi connectivity index (χ0v) is 12.8. The number of halogens is 2. The Morgan fingerprint density at radius 2 is 1.72 bits per heavy atom. The molecule has 126 valence electrons. The zero-order chi connectivity index (χ0) is 18.0. The van der Waals surface area contributed by atoms with Crippen LogP contribution >= 0.6 is 0 Å². The van der Waals surface area contributed by atoms with Gasteiger partial charge in [-0.05, 0) is 29.7 Å². The zero-order valence-electron chi connectivity index (χ0n) is 12.8. The number of carbonyl (C=O) groups excluding carboxylic acids is 2. The average molecular weight is 342 g/mol. The maximum atomic E-state index is 13.1. The smallest absolute Gasteiger partial charge is 0.342 e. The van der Waals surface area contributed by atoms with Gasteiger partial charge in [0.15, 0.2) is 24.0 Å². The Bertz CT molecular complexity index is 982. The second-order valence-corrected chi connectivity index (χ2v) is 5.31. The Morgan fingerprint density at radius 1 is 0.960 bits per heavy atom. The number of carbonyl (C=O) groups is 2. The fourth-order valence-electron chi connectivity index (χ4n) is 2.38. The molecule has 0 aliphatic carbocycles. The Balaban J connectivity index is 1.75. The number of phenolic OH excluding ortho intramolecular Hbond substituents is 1. The van der Waals surface area contributed by atoms with E-state index in [1.54, 1.807) is 30.3 Å². The van der Waals surface area contributed by atoms with Crippen molar-refractivity contribution in [3.63, 3.8) is 0 Å². The monoisotopic (exact) mass is 342 g/mol. The van der Waals surface area contributed by atoms with E-state index in [1.165, 1.54) is 6.07 Å². The number of ketones is 1. The molecular weight excluding hydrogens is 330 g/mol. The quantitative estimate of drug-likeness (QED) is 0.578. The molecule has 0 aliphatic heterocycles. The van der Waals surface area contributed by atoms with E-state index in [4.69, 9.17) is 4.74 Å². The number of fused-ring (bicyclic) bond motifs is 1. The van der Waals surface area contributed by atoms with Gasteiger partial charge < -0.3 is 9.84 Å². The number of hydrogen-bond donors (Lipinski definition) is 1. The average Bonchev–Trinajstić information content (AvgIpc) is 2.62. The number of rotatable bonds is 4. The van der Waals surface area contributed by atoms with Crippen molar-refractivity contribution in [2.75, 3.05) is 6.61 Å². The molecule has 25 heavy (non-hydrogen) atoms. The Labute approximate surface area is 141 Å². The van der Waals surface area contributed by atoms with Crippen LogP contribution in [0.4, 0.5) is 8.78 Å². The van der Waals surface area contributed by atoms with E-state index in [0.717, 1.165) is 23.6 Å². The van der Waals surface area contributed by atoms with Crippen LogP contribution in [0, 0.1) is 11.6 Å². The van der Waals surface area contributed by atoms with E-state index < -0.39 is 30.0 Å². The van der Waals surface area contributed by atoms with Gasteiger partial charge in [-0.25, -0.2) is 13.6 Å². The molecule has 0 atom stereocenters. The normalized spacial score (nSPS) is 10.6. The molecule has 3 aromatic rings. The molecule has 0 saturated heterocycles. The first kappa shape index (κ1) is 16.6. The molecule has 0 unspecified atom stereocenters. The Hall–Kier alpha value is -3.28. The third kappa shape index (κ3) is 3.33. The molecule has 0 saturated carbocycles. The van der Waals surface area contributed by atoms with Crippen molar-refractivity contribution >= 4 is 22.5 Å². The van der Waals surface area contributed by atoms with Crippen molar-refractivity contribution in [3.8, 4) is 5.75 Å². The third-order valence-corrected chi connectivity index (χ3v) is 3.70. The summed E-state index contributed by atoms with van der Waals surface area (Å²) in [7, 11) is 0. The predicted octanol–water partition coefficient (Wildman–Crippen LogP) is 3.86. The molecule has 4 nitrogen and oxygen atoms in total. The second-order valence-electron chi connectivity index (χ2n) is 5.31. The topological polar surface area (TPSA) is 63.6 Å². The van der Waals surface area contributed by atoms with Crippen LogP contribution in [-0.2, 0) is 4.74 Å². The summed E-state index contributed by atoms with van der Waals surface area (Å²) in [6.45, 7) is -0.657. The van der Waals surface area contributed by atoms with Crippen molar-refractivity contribution in [2.45, 2.75) is 0 Å². The first-order valence-electron chi connectivity index (χ1n) is 7.33. The van der Waals surface area contributed by atoms with Crippen molar-refractivity contribution in [1.82, 2.24) is 0 Å². The number of benzene rings is 3. The lowest BCUT2D eigenvalue weighted by molar-refractivity contribution is 0.0472. The summed E-state index contributed by atoms with van der Waals surface area (Å²) in [5.74, 6) is -4.06. The highest BCUT2D eigenvalue weighted by Crippen LogP contribution is 2.29. The maximum Gasteiger partial charge on any atom is 0.342 e. The molecule has 0 fully saturated rings. The molecule has 0 amide bonds. The molecule has 1 N–H and O–H groups in total. The largest absolute Gasteiger partial charge is 0.506 e. The summed E-state index contributed by atoms with van der Waals surface area (Å²) in [6, 6.07) is 12.6. The number of Topliss-reactive ketones (excluding diaryl/α,β-unsaturated/α-hetero) is 1. The lowest BCUT2D eigenvalue weighted by Crippen LogP contribution is -2.14. The fourth-order valence-corrected chi connectivity index (χ4v) is 2.38. The summed E-state index contributed by atoms with van der Waals surface area (Å²) in [6.07, 6.45) is 0. The van der Waals surface area contributed by atoms with Gasteiger partial charge in [0.1, 0.15) is 11.3 Å².